The molecular weight excluding hydrogens is 238 g/mol. The first-order valence-corrected chi connectivity index (χ1v) is 6.39. The number of pyridine rings is 1. The van der Waals surface area contributed by atoms with E-state index in [-0.39, 0.29) is 5.78 Å². The lowest BCUT2D eigenvalue weighted by atomic mass is 10.0. The van der Waals surface area contributed by atoms with Gasteiger partial charge in [0.15, 0.2) is 5.78 Å². The number of hydrogen-bond acceptors (Lipinski definition) is 3. The van der Waals surface area contributed by atoms with Crippen LogP contribution in [0.25, 0.3) is 0 Å². The maximum Gasteiger partial charge on any atom is 0.170 e. The van der Waals surface area contributed by atoms with Gasteiger partial charge in [-0.15, -0.1) is 0 Å². The lowest BCUT2D eigenvalue weighted by molar-refractivity contribution is -0.130. The summed E-state index contributed by atoms with van der Waals surface area (Å²) in [6.45, 7) is 2.41. The van der Waals surface area contributed by atoms with Crippen molar-refractivity contribution in [1.29, 1.82) is 0 Å². The topological polar surface area (TPSA) is 39.2 Å². The molecule has 0 saturated carbocycles. The van der Waals surface area contributed by atoms with Gasteiger partial charge >= 0.3 is 0 Å². The van der Waals surface area contributed by atoms with Gasteiger partial charge in [-0.25, -0.2) is 0 Å². The molecule has 2 rings (SSSR count). The molecule has 2 aromatic rings. The summed E-state index contributed by atoms with van der Waals surface area (Å²) in [6, 6.07) is 13.3. The molecule has 1 atom stereocenters. The molecule has 1 aromatic heterocycles. The summed E-state index contributed by atoms with van der Waals surface area (Å²) < 4.78 is 5.59. The molecular formula is C16H17NO2. The Hall–Kier alpha value is -2.00. The molecule has 3 nitrogen and oxygen atoms in total. The van der Waals surface area contributed by atoms with Gasteiger partial charge in [0.1, 0.15) is 6.10 Å². The normalized spacial score (nSPS) is 12.1. The van der Waals surface area contributed by atoms with E-state index in [2.05, 4.69) is 4.98 Å². The van der Waals surface area contributed by atoms with Crippen LogP contribution < -0.4 is 0 Å². The van der Waals surface area contributed by atoms with E-state index in [1.807, 2.05) is 49.4 Å². The summed E-state index contributed by atoms with van der Waals surface area (Å²) in [6.07, 6.45) is 3.26. The molecule has 0 aliphatic rings. The van der Waals surface area contributed by atoms with Crippen molar-refractivity contribution in [2.75, 3.05) is 6.61 Å². The van der Waals surface area contributed by atoms with Crippen LogP contribution in [0.5, 0.6) is 0 Å². The maximum atomic E-state index is 12.4. The fourth-order valence-corrected chi connectivity index (χ4v) is 1.97. The SMILES string of the molecule is CCOC(C(=O)Cc1cccnc1)c1ccccc1. The van der Waals surface area contributed by atoms with E-state index in [1.165, 1.54) is 0 Å². The Kier molecular flexibility index (Phi) is 4.81. The van der Waals surface area contributed by atoms with Crippen LogP contribution >= 0.6 is 0 Å². The van der Waals surface area contributed by atoms with Crippen LogP contribution in [0.2, 0.25) is 0 Å². The summed E-state index contributed by atoms with van der Waals surface area (Å²) >= 11 is 0. The summed E-state index contributed by atoms with van der Waals surface area (Å²) in [7, 11) is 0. The highest BCUT2D eigenvalue weighted by Crippen LogP contribution is 2.20. The standard InChI is InChI=1S/C16H17NO2/c1-2-19-16(14-8-4-3-5-9-14)15(18)11-13-7-6-10-17-12-13/h3-10,12,16H,2,11H2,1H3. The van der Waals surface area contributed by atoms with Crippen molar-refractivity contribution < 1.29 is 9.53 Å². The van der Waals surface area contributed by atoms with Crippen LogP contribution in [-0.4, -0.2) is 17.4 Å². The number of benzene rings is 1. The summed E-state index contributed by atoms with van der Waals surface area (Å²) in [5.41, 5.74) is 1.81. The second-order valence-corrected chi connectivity index (χ2v) is 4.25. The number of carbonyl (C=O) groups is 1. The van der Waals surface area contributed by atoms with Crippen LogP contribution in [0, 0.1) is 0 Å². The molecule has 98 valence electrons. The van der Waals surface area contributed by atoms with Crippen LogP contribution in [0.1, 0.15) is 24.2 Å². The molecule has 0 fully saturated rings. The van der Waals surface area contributed by atoms with E-state index in [1.54, 1.807) is 12.4 Å². The lowest BCUT2D eigenvalue weighted by Gasteiger charge is -2.16. The number of aromatic nitrogens is 1. The highest BCUT2D eigenvalue weighted by atomic mass is 16.5. The molecule has 3 heteroatoms. The number of hydrogen-bond donors (Lipinski definition) is 0. The zero-order valence-corrected chi connectivity index (χ0v) is 11.0. The van der Waals surface area contributed by atoms with Gasteiger partial charge in [0.25, 0.3) is 0 Å². The first-order chi connectivity index (χ1) is 9.31. The largest absolute Gasteiger partial charge is 0.366 e. The molecule has 0 aliphatic carbocycles. The van der Waals surface area contributed by atoms with Crippen molar-refractivity contribution in [2.24, 2.45) is 0 Å². The monoisotopic (exact) mass is 255 g/mol. The Bertz CT molecular complexity index is 511. The second-order valence-electron chi connectivity index (χ2n) is 4.25. The third-order valence-electron chi connectivity index (χ3n) is 2.83. The molecule has 0 spiro atoms. The van der Waals surface area contributed by atoms with Crippen LogP contribution in [0.3, 0.4) is 0 Å². The second kappa shape index (κ2) is 6.81. The molecule has 19 heavy (non-hydrogen) atoms. The Morgan fingerprint density at radius 1 is 1.21 bits per heavy atom. The lowest BCUT2D eigenvalue weighted by Crippen LogP contribution is -2.18. The molecule has 0 amide bonds. The average Bonchev–Trinajstić information content (AvgIpc) is 2.46. The molecule has 1 unspecified atom stereocenters. The predicted molar refractivity (Wildman–Crippen MR) is 73.8 cm³/mol. The zero-order chi connectivity index (χ0) is 13.5. The van der Waals surface area contributed by atoms with E-state index in [4.69, 9.17) is 4.74 Å². The van der Waals surface area contributed by atoms with Gasteiger partial charge in [0.05, 0.1) is 0 Å². The number of ketones is 1. The van der Waals surface area contributed by atoms with Gasteiger partial charge in [-0.05, 0) is 24.1 Å². The van der Waals surface area contributed by atoms with Crippen LogP contribution in [-0.2, 0) is 16.0 Å². The minimum atomic E-state index is -0.494. The maximum absolute atomic E-state index is 12.4. The first-order valence-electron chi connectivity index (χ1n) is 6.39. The molecule has 0 radical (unpaired) electrons. The molecule has 0 saturated heterocycles. The number of rotatable bonds is 6. The number of Topliss-reactive ketones (excluding diaryl/α,β-unsaturated/α-hetero) is 1. The van der Waals surface area contributed by atoms with Crippen molar-refractivity contribution >= 4 is 5.78 Å². The summed E-state index contributed by atoms with van der Waals surface area (Å²) in [5.74, 6) is 0.0565. The van der Waals surface area contributed by atoms with Crippen molar-refractivity contribution in [3.63, 3.8) is 0 Å². The number of ether oxygens (including phenoxy) is 1. The molecule has 0 bridgehead atoms. The van der Waals surface area contributed by atoms with E-state index in [9.17, 15) is 4.79 Å². The molecule has 1 aromatic carbocycles. The Morgan fingerprint density at radius 2 is 2.00 bits per heavy atom. The van der Waals surface area contributed by atoms with Gasteiger partial charge < -0.3 is 4.74 Å². The minimum Gasteiger partial charge on any atom is -0.366 e. The van der Waals surface area contributed by atoms with E-state index >= 15 is 0 Å². The quantitative estimate of drug-likeness (QED) is 0.796. The highest BCUT2D eigenvalue weighted by Gasteiger charge is 2.20. The van der Waals surface area contributed by atoms with E-state index < -0.39 is 6.10 Å². The smallest absolute Gasteiger partial charge is 0.170 e. The Balaban J connectivity index is 2.13. The first kappa shape index (κ1) is 13.4. The highest BCUT2D eigenvalue weighted by molar-refractivity contribution is 5.86. The van der Waals surface area contributed by atoms with Gasteiger partial charge in [-0.3, -0.25) is 9.78 Å². The van der Waals surface area contributed by atoms with Gasteiger partial charge in [0, 0.05) is 25.4 Å². The summed E-state index contributed by atoms with van der Waals surface area (Å²) in [5, 5.41) is 0. The third-order valence-corrected chi connectivity index (χ3v) is 2.83. The third kappa shape index (κ3) is 3.73. The predicted octanol–water partition coefficient (Wildman–Crippen LogP) is 2.97. The van der Waals surface area contributed by atoms with Crippen molar-refractivity contribution in [3.05, 3.63) is 66.0 Å². The number of nitrogens with zero attached hydrogens (tertiary/aromatic N) is 1. The van der Waals surface area contributed by atoms with Gasteiger partial charge in [0.2, 0.25) is 0 Å². The van der Waals surface area contributed by atoms with Gasteiger partial charge in [-0.2, -0.15) is 0 Å². The molecule has 1 heterocycles. The van der Waals surface area contributed by atoms with Gasteiger partial charge in [-0.1, -0.05) is 36.4 Å². The molecule has 0 aliphatic heterocycles. The van der Waals surface area contributed by atoms with Crippen LogP contribution in [0.15, 0.2) is 54.9 Å². The van der Waals surface area contributed by atoms with Crippen molar-refractivity contribution in [2.45, 2.75) is 19.4 Å². The van der Waals surface area contributed by atoms with E-state index in [0.717, 1.165) is 11.1 Å². The molecule has 0 N–H and O–H groups in total. The zero-order valence-electron chi connectivity index (χ0n) is 11.0. The van der Waals surface area contributed by atoms with Crippen molar-refractivity contribution in [1.82, 2.24) is 4.98 Å². The van der Waals surface area contributed by atoms with Crippen molar-refractivity contribution in [3.8, 4) is 0 Å². The average molecular weight is 255 g/mol. The fraction of sp³-hybridized carbons (Fsp3) is 0.250. The Morgan fingerprint density at radius 3 is 2.63 bits per heavy atom. The number of carbonyl (C=O) groups excluding carboxylic acids is 1. The van der Waals surface area contributed by atoms with E-state index in [0.29, 0.717) is 13.0 Å². The fourth-order valence-electron chi connectivity index (χ4n) is 1.97. The Labute approximate surface area is 113 Å². The summed E-state index contributed by atoms with van der Waals surface area (Å²) in [4.78, 5) is 16.4. The van der Waals surface area contributed by atoms with Crippen LogP contribution in [0.4, 0.5) is 0 Å². The minimum absolute atomic E-state index is 0.0565.